The van der Waals surface area contributed by atoms with E-state index in [9.17, 15) is 0 Å². The average Bonchev–Trinajstić information content (AvgIpc) is 3.54. The molecule has 0 radical (unpaired) electrons. The lowest BCUT2D eigenvalue weighted by atomic mass is 9.70. The predicted molar refractivity (Wildman–Crippen MR) is 150 cm³/mol. The molecule has 0 amide bonds. The standard InChI is InChI=1S/C35H21N/c1-2-10-22-18-31-26(17-21(22)9-1)27-19-28-25-13-5-8-16-33(25)36-34(28)20-32(27)35(31)29-14-6-3-11-23(29)24-12-4-7-15-30(24)35/h1-20,36H. The van der Waals surface area contributed by atoms with E-state index in [1.54, 1.807) is 0 Å². The van der Waals surface area contributed by atoms with Gasteiger partial charge in [0.1, 0.15) is 0 Å². The van der Waals surface area contributed by atoms with E-state index in [1.165, 1.54) is 77.1 Å². The Kier molecular flexibility index (Phi) is 3.28. The molecular formula is C35H21N. The first-order valence-corrected chi connectivity index (χ1v) is 12.6. The molecule has 0 unspecified atom stereocenters. The van der Waals surface area contributed by atoms with Gasteiger partial charge in [0.2, 0.25) is 0 Å². The molecule has 7 aromatic rings. The number of benzene rings is 6. The van der Waals surface area contributed by atoms with E-state index in [1.807, 2.05) is 0 Å². The van der Waals surface area contributed by atoms with Crippen LogP contribution in [-0.4, -0.2) is 4.98 Å². The number of H-pyrrole nitrogens is 1. The van der Waals surface area contributed by atoms with Gasteiger partial charge in [0.15, 0.2) is 0 Å². The van der Waals surface area contributed by atoms with Crippen LogP contribution >= 0.6 is 0 Å². The zero-order valence-electron chi connectivity index (χ0n) is 19.5. The molecule has 1 heterocycles. The first-order chi connectivity index (χ1) is 17.8. The van der Waals surface area contributed by atoms with Gasteiger partial charge in [-0.2, -0.15) is 0 Å². The van der Waals surface area contributed by atoms with E-state index in [-0.39, 0.29) is 5.41 Å². The topological polar surface area (TPSA) is 15.8 Å². The minimum Gasteiger partial charge on any atom is -0.355 e. The third-order valence-electron chi connectivity index (χ3n) is 8.58. The highest BCUT2D eigenvalue weighted by Gasteiger charge is 2.51. The highest BCUT2D eigenvalue weighted by atomic mass is 14.7. The summed E-state index contributed by atoms with van der Waals surface area (Å²) in [4.78, 5) is 3.72. The van der Waals surface area contributed by atoms with Crippen LogP contribution in [0.5, 0.6) is 0 Å². The quantitative estimate of drug-likeness (QED) is 0.235. The molecule has 0 aliphatic heterocycles. The number of fused-ring (bicyclic) bond motifs is 14. The van der Waals surface area contributed by atoms with Crippen molar-refractivity contribution < 1.29 is 0 Å². The minimum absolute atomic E-state index is 0.326. The van der Waals surface area contributed by atoms with Gasteiger partial charge in [-0.25, -0.2) is 0 Å². The number of aromatic nitrogens is 1. The number of hydrogen-bond donors (Lipinski definition) is 1. The summed E-state index contributed by atoms with van der Waals surface area (Å²) in [6, 6.07) is 45.2. The normalized spacial score (nSPS) is 14.3. The van der Waals surface area contributed by atoms with Crippen LogP contribution in [0.4, 0.5) is 0 Å². The zero-order valence-corrected chi connectivity index (χ0v) is 19.5. The van der Waals surface area contributed by atoms with E-state index < -0.39 is 0 Å². The van der Waals surface area contributed by atoms with Crippen LogP contribution in [-0.2, 0) is 5.41 Å². The number of para-hydroxylation sites is 1. The Morgan fingerprint density at radius 1 is 0.389 bits per heavy atom. The zero-order chi connectivity index (χ0) is 23.4. The molecule has 1 heteroatoms. The molecule has 0 atom stereocenters. The van der Waals surface area contributed by atoms with Crippen LogP contribution in [0.1, 0.15) is 22.3 Å². The number of rotatable bonds is 0. The maximum absolute atomic E-state index is 3.72. The Hall–Kier alpha value is -4.62. The lowest BCUT2D eigenvalue weighted by Crippen LogP contribution is -2.25. The van der Waals surface area contributed by atoms with Gasteiger partial charge >= 0.3 is 0 Å². The lowest BCUT2D eigenvalue weighted by molar-refractivity contribution is 0.796. The smallest absolute Gasteiger partial charge is 0.0726 e. The largest absolute Gasteiger partial charge is 0.355 e. The Labute approximate surface area is 208 Å². The van der Waals surface area contributed by atoms with Gasteiger partial charge in [-0.1, -0.05) is 91.0 Å². The van der Waals surface area contributed by atoms with Crippen molar-refractivity contribution in [1.29, 1.82) is 0 Å². The van der Waals surface area contributed by atoms with Gasteiger partial charge in [0.25, 0.3) is 0 Å². The van der Waals surface area contributed by atoms with Gasteiger partial charge in [-0.3, -0.25) is 0 Å². The Morgan fingerprint density at radius 3 is 1.75 bits per heavy atom. The number of nitrogens with one attached hydrogen (secondary N) is 1. The summed E-state index contributed by atoms with van der Waals surface area (Å²) < 4.78 is 0. The van der Waals surface area contributed by atoms with Gasteiger partial charge in [0.05, 0.1) is 5.41 Å². The molecule has 2 aliphatic rings. The number of aromatic amines is 1. The van der Waals surface area contributed by atoms with Crippen molar-refractivity contribution in [3.8, 4) is 22.3 Å². The van der Waals surface area contributed by atoms with Crippen LogP contribution in [0.15, 0.2) is 121 Å². The fraction of sp³-hybridized carbons (Fsp3) is 0.0286. The van der Waals surface area contributed by atoms with Crippen molar-refractivity contribution >= 4 is 32.6 Å². The molecular weight excluding hydrogens is 434 g/mol. The van der Waals surface area contributed by atoms with Gasteiger partial charge < -0.3 is 4.98 Å². The molecule has 1 aromatic heterocycles. The van der Waals surface area contributed by atoms with E-state index in [0.717, 1.165) is 0 Å². The van der Waals surface area contributed by atoms with Crippen LogP contribution in [0.3, 0.4) is 0 Å². The molecule has 1 N–H and O–H groups in total. The molecule has 0 saturated heterocycles. The molecule has 166 valence electrons. The Bertz CT molecular complexity index is 2010. The average molecular weight is 456 g/mol. The van der Waals surface area contributed by atoms with E-state index in [0.29, 0.717) is 0 Å². The molecule has 2 aliphatic carbocycles. The van der Waals surface area contributed by atoms with Gasteiger partial charge in [-0.15, -0.1) is 0 Å². The fourth-order valence-electron chi connectivity index (χ4n) is 7.16. The highest BCUT2D eigenvalue weighted by molar-refractivity contribution is 6.11. The van der Waals surface area contributed by atoms with Crippen LogP contribution in [0.25, 0.3) is 54.8 Å². The molecule has 0 bridgehead atoms. The summed E-state index contributed by atoms with van der Waals surface area (Å²) >= 11 is 0. The SMILES string of the molecule is c1ccc2c(c1)-c1ccccc1C21c2cc3ccccc3cc2-c2cc3c(cc21)[nH]c1ccccc13. The highest BCUT2D eigenvalue weighted by Crippen LogP contribution is 2.63. The molecule has 1 nitrogen and oxygen atoms in total. The van der Waals surface area contributed by atoms with Crippen molar-refractivity contribution in [3.63, 3.8) is 0 Å². The van der Waals surface area contributed by atoms with Gasteiger partial charge in [-0.05, 0) is 85.6 Å². The third kappa shape index (κ3) is 2.05. The first kappa shape index (κ1) is 18.7. The molecule has 0 fully saturated rings. The monoisotopic (exact) mass is 455 g/mol. The summed E-state index contributed by atoms with van der Waals surface area (Å²) in [6.07, 6.45) is 0. The second kappa shape index (κ2) is 6.33. The second-order valence-electron chi connectivity index (χ2n) is 10.2. The van der Waals surface area contributed by atoms with Crippen LogP contribution in [0, 0.1) is 0 Å². The third-order valence-corrected chi connectivity index (χ3v) is 8.58. The van der Waals surface area contributed by atoms with Gasteiger partial charge in [0, 0.05) is 21.8 Å². The second-order valence-corrected chi connectivity index (χ2v) is 10.2. The number of hydrogen-bond acceptors (Lipinski definition) is 0. The summed E-state index contributed by atoms with van der Waals surface area (Å²) in [5.74, 6) is 0. The summed E-state index contributed by atoms with van der Waals surface area (Å²) in [7, 11) is 0. The van der Waals surface area contributed by atoms with Crippen LogP contribution in [0.2, 0.25) is 0 Å². The fourth-order valence-corrected chi connectivity index (χ4v) is 7.16. The Morgan fingerprint density at radius 2 is 0.972 bits per heavy atom. The minimum atomic E-state index is -0.326. The van der Waals surface area contributed by atoms with Crippen molar-refractivity contribution in [2.24, 2.45) is 0 Å². The molecule has 36 heavy (non-hydrogen) atoms. The van der Waals surface area contributed by atoms with Crippen molar-refractivity contribution in [1.82, 2.24) is 4.98 Å². The van der Waals surface area contributed by atoms with Crippen molar-refractivity contribution in [2.75, 3.05) is 0 Å². The molecule has 0 saturated carbocycles. The molecule has 9 rings (SSSR count). The maximum atomic E-state index is 3.72. The molecule has 6 aromatic carbocycles. The summed E-state index contributed by atoms with van der Waals surface area (Å²) in [5, 5.41) is 5.16. The Balaban J connectivity index is 1.53. The maximum Gasteiger partial charge on any atom is 0.0726 e. The van der Waals surface area contributed by atoms with E-state index in [2.05, 4.69) is 126 Å². The lowest BCUT2D eigenvalue weighted by Gasteiger charge is -2.30. The molecule has 1 spiro atoms. The first-order valence-electron chi connectivity index (χ1n) is 12.6. The van der Waals surface area contributed by atoms with Crippen molar-refractivity contribution in [3.05, 3.63) is 144 Å². The van der Waals surface area contributed by atoms with E-state index in [4.69, 9.17) is 0 Å². The van der Waals surface area contributed by atoms with Crippen LogP contribution < -0.4 is 0 Å². The van der Waals surface area contributed by atoms with Crippen molar-refractivity contribution in [2.45, 2.75) is 5.41 Å². The predicted octanol–water partition coefficient (Wildman–Crippen LogP) is 8.82. The summed E-state index contributed by atoms with van der Waals surface area (Å²) in [5.41, 5.74) is 13.0. The summed E-state index contributed by atoms with van der Waals surface area (Å²) in [6.45, 7) is 0. The van der Waals surface area contributed by atoms with E-state index >= 15 is 0 Å².